The Bertz CT molecular complexity index is 1870. The predicted octanol–water partition coefficient (Wildman–Crippen LogP) is 20.1. The highest BCUT2D eigenvalue weighted by atomic mass is 16.7. The molecule has 0 saturated carbocycles. The molecule has 0 bridgehead atoms. The van der Waals surface area contributed by atoms with Crippen LogP contribution in [0.2, 0.25) is 0 Å². The number of rotatable bonds is 73. The Hall–Kier alpha value is -2.05. The van der Waals surface area contributed by atoms with Gasteiger partial charge in [0.15, 0.2) is 12.6 Å². The first-order chi connectivity index (χ1) is 49.1. The normalized spacial score (nSPS) is 22.0. The average molecular weight is 1420 g/mol. The van der Waals surface area contributed by atoms with Gasteiger partial charge in [-0.05, 0) is 51.4 Å². The van der Waals surface area contributed by atoms with E-state index < -0.39 is 86.8 Å². The summed E-state index contributed by atoms with van der Waals surface area (Å²) in [6.45, 7) is 2.82. The first-order valence-corrected chi connectivity index (χ1v) is 42.9. The van der Waals surface area contributed by atoms with Gasteiger partial charge in [0.1, 0.15) is 48.8 Å². The van der Waals surface area contributed by atoms with E-state index in [4.69, 9.17) is 18.9 Å². The highest BCUT2D eigenvalue weighted by molar-refractivity contribution is 5.76. The minimum atomic E-state index is -1.78. The molecule has 14 heteroatoms. The molecule has 1 amide bonds. The van der Waals surface area contributed by atoms with Gasteiger partial charge in [-0.1, -0.05) is 390 Å². The van der Waals surface area contributed by atoms with E-state index in [0.717, 1.165) is 77.0 Å². The van der Waals surface area contributed by atoms with E-state index in [1.54, 1.807) is 0 Å². The number of aliphatic hydroxyl groups excluding tert-OH is 8. The van der Waals surface area contributed by atoms with Crippen LogP contribution in [-0.2, 0) is 23.7 Å². The van der Waals surface area contributed by atoms with Gasteiger partial charge in [-0.15, -0.1) is 0 Å². The molecule has 0 radical (unpaired) electrons. The summed E-state index contributed by atoms with van der Waals surface area (Å²) in [5.41, 5.74) is 0. The van der Waals surface area contributed by atoms with E-state index in [0.29, 0.717) is 12.8 Å². The van der Waals surface area contributed by atoms with Crippen molar-refractivity contribution in [3.63, 3.8) is 0 Å². The topological polar surface area (TPSA) is 228 Å². The van der Waals surface area contributed by atoms with Crippen molar-refractivity contribution in [1.29, 1.82) is 0 Å². The number of hydrogen-bond acceptors (Lipinski definition) is 13. The molecule has 14 nitrogen and oxygen atoms in total. The molecule has 2 aliphatic rings. The van der Waals surface area contributed by atoms with Crippen molar-refractivity contribution in [3.8, 4) is 0 Å². The fourth-order valence-corrected chi connectivity index (χ4v) is 14.4. The van der Waals surface area contributed by atoms with Crippen LogP contribution >= 0.6 is 0 Å². The predicted molar refractivity (Wildman–Crippen MR) is 415 cm³/mol. The van der Waals surface area contributed by atoms with E-state index in [-0.39, 0.29) is 12.5 Å². The molecule has 2 fully saturated rings. The third-order valence-corrected chi connectivity index (χ3v) is 21.1. The summed E-state index contributed by atoms with van der Waals surface area (Å²) in [6, 6.07) is -0.829. The molecule has 2 aliphatic heterocycles. The Kier molecular flexibility index (Phi) is 65.8. The number of aliphatic hydroxyl groups is 8. The minimum Gasteiger partial charge on any atom is -0.394 e. The fourth-order valence-electron chi connectivity index (χ4n) is 14.4. The molecule has 2 heterocycles. The summed E-state index contributed by atoms with van der Waals surface area (Å²) in [5.74, 6) is -0.197. The lowest BCUT2D eigenvalue weighted by atomic mass is 9.97. The molecule has 0 aliphatic carbocycles. The van der Waals surface area contributed by atoms with Crippen molar-refractivity contribution < 1.29 is 64.6 Å². The van der Waals surface area contributed by atoms with E-state index in [1.807, 2.05) is 0 Å². The van der Waals surface area contributed by atoms with Gasteiger partial charge in [0, 0.05) is 6.42 Å². The van der Waals surface area contributed by atoms with Gasteiger partial charge in [-0.25, -0.2) is 0 Å². The Morgan fingerprint density at radius 3 is 1.06 bits per heavy atom. The van der Waals surface area contributed by atoms with Crippen LogP contribution in [0.4, 0.5) is 0 Å². The lowest BCUT2D eigenvalue weighted by Crippen LogP contribution is -2.65. The van der Waals surface area contributed by atoms with Gasteiger partial charge < -0.3 is 65.1 Å². The van der Waals surface area contributed by atoms with Crippen molar-refractivity contribution in [2.45, 2.75) is 473 Å². The van der Waals surface area contributed by atoms with Crippen molar-refractivity contribution >= 4 is 5.91 Å². The van der Waals surface area contributed by atoms with Gasteiger partial charge in [-0.3, -0.25) is 4.79 Å². The molecule has 0 aromatic rings. The number of hydrogen-bond donors (Lipinski definition) is 9. The Labute approximate surface area is 614 Å². The van der Waals surface area contributed by atoms with E-state index in [1.165, 1.54) is 295 Å². The van der Waals surface area contributed by atoms with Gasteiger partial charge in [0.05, 0.1) is 32.0 Å². The van der Waals surface area contributed by atoms with Crippen LogP contribution in [0.5, 0.6) is 0 Å². The van der Waals surface area contributed by atoms with Crippen LogP contribution in [-0.4, -0.2) is 140 Å². The van der Waals surface area contributed by atoms with Crippen molar-refractivity contribution in [1.82, 2.24) is 5.32 Å². The maximum atomic E-state index is 13.4. The number of unbranched alkanes of at least 4 members (excludes halogenated alkanes) is 52. The molecular weight excluding hydrogens is 1250 g/mol. The van der Waals surface area contributed by atoms with Gasteiger partial charge in [0.25, 0.3) is 0 Å². The molecule has 12 unspecified atom stereocenters. The SMILES string of the molecule is CC/C=C\C/C=C\C/C=C\C/C=C\CCCCCCCCCCCCCCCCCCCCCCCCCCCCC(=O)NC(COC1OC(CO)C(OC2OC(CO)C(O)C(O)C2O)C(O)C1O)C(O)CCCCCCCCCCCCCCCCCCCCCCCCCCCCC. The molecule has 100 heavy (non-hydrogen) atoms. The van der Waals surface area contributed by atoms with Crippen LogP contribution < -0.4 is 5.32 Å². The molecule has 9 N–H and O–H groups in total. The molecule has 588 valence electrons. The molecule has 2 saturated heterocycles. The second-order valence-corrected chi connectivity index (χ2v) is 30.3. The van der Waals surface area contributed by atoms with Crippen LogP contribution in [0.25, 0.3) is 0 Å². The summed E-state index contributed by atoms with van der Waals surface area (Å²) in [6.07, 6.45) is 77.5. The van der Waals surface area contributed by atoms with Gasteiger partial charge in [0.2, 0.25) is 5.91 Å². The van der Waals surface area contributed by atoms with Crippen LogP contribution in [0.1, 0.15) is 399 Å². The first-order valence-electron chi connectivity index (χ1n) is 42.9. The number of carbonyl (C=O) groups is 1. The molecule has 0 aromatic carbocycles. The summed E-state index contributed by atoms with van der Waals surface area (Å²) in [7, 11) is 0. The van der Waals surface area contributed by atoms with Crippen molar-refractivity contribution in [2.24, 2.45) is 0 Å². The standard InChI is InChI=1S/C86H161NO13/c1-3-5-7-9-11-13-15-17-19-21-23-25-27-29-31-32-33-34-35-36-37-38-39-40-41-42-44-46-48-50-52-54-56-58-60-62-64-66-68-70-78(91)87-74(73-97-85-83(96)81(94)84(77(72-89)99-85)100-86-82(95)80(93)79(92)76(71-88)98-86)75(90)69-67-65-63-61-59-57-55-53-51-49-47-45-43-30-28-26-24-22-20-18-16-14-12-10-8-6-4-2/h5,7,11,13,17,19,23,25,74-77,79-86,88-90,92-96H,3-4,6,8-10,12,14-16,18,20-22,24,26-73H2,1-2H3,(H,87,91)/b7-5-,13-11-,19-17-,25-23-. The Morgan fingerprint density at radius 2 is 0.690 bits per heavy atom. The first kappa shape index (κ1) is 94.0. The lowest BCUT2D eigenvalue weighted by molar-refractivity contribution is -0.359. The molecule has 0 aromatic heterocycles. The van der Waals surface area contributed by atoms with E-state index >= 15 is 0 Å². The summed E-state index contributed by atoms with van der Waals surface area (Å²) < 4.78 is 23.0. The second-order valence-electron chi connectivity index (χ2n) is 30.3. The van der Waals surface area contributed by atoms with Crippen LogP contribution in [0, 0.1) is 0 Å². The largest absolute Gasteiger partial charge is 0.394 e. The fraction of sp³-hybridized carbons (Fsp3) is 0.895. The van der Waals surface area contributed by atoms with Gasteiger partial charge >= 0.3 is 0 Å². The molecular formula is C86H161NO13. The zero-order valence-electron chi connectivity index (χ0n) is 64.7. The van der Waals surface area contributed by atoms with Crippen LogP contribution in [0.15, 0.2) is 48.6 Å². The summed E-state index contributed by atoms with van der Waals surface area (Å²) >= 11 is 0. The van der Waals surface area contributed by atoms with Crippen LogP contribution in [0.3, 0.4) is 0 Å². The minimum absolute atomic E-state index is 0.197. The Morgan fingerprint density at radius 1 is 0.370 bits per heavy atom. The summed E-state index contributed by atoms with van der Waals surface area (Å²) in [5, 5.41) is 88.0. The number of allylic oxidation sites excluding steroid dienone is 8. The maximum Gasteiger partial charge on any atom is 0.220 e. The molecule has 2 rings (SSSR count). The number of nitrogens with one attached hydrogen (secondary N) is 1. The number of carbonyl (C=O) groups excluding carboxylic acids is 1. The zero-order valence-corrected chi connectivity index (χ0v) is 64.7. The third kappa shape index (κ3) is 52.0. The zero-order chi connectivity index (χ0) is 72.2. The highest BCUT2D eigenvalue weighted by Crippen LogP contribution is 2.31. The van der Waals surface area contributed by atoms with E-state index in [2.05, 4.69) is 67.8 Å². The monoisotopic (exact) mass is 1420 g/mol. The smallest absolute Gasteiger partial charge is 0.220 e. The van der Waals surface area contributed by atoms with Gasteiger partial charge in [-0.2, -0.15) is 0 Å². The highest BCUT2D eigenvalue weighted by Gasteiger charge is 2.51. The maximum absolute atomic E-state index is 13.4. The second kappa shape index (κ2) is 70.0. The molecule has 0 spiro atoms. The third-order valence-electron chi connectivity index (χ3n) is 21.1. The summed E-state index contributed by atoms with van der Waals surface area (Å²) in [4.78, 5) is 13.4. The number of amides is 1. The average Bonchev–Trinajstić information content (AvgIpc) is 0.796. The molecule has 12 atom stereocenters. The Balaban J connectivity index is 1.55. The van der Waals surface area contributed by atoms with Crippen molar-refractivity contribution in [2.75, 3.05) is 19.8 Å². The van der Waals surface area contributed by atoms with Crippen molar-refractivity contribution in [3.05, 3.63) is 48.6 Å². The number of ether oxygens (including phenoxy) is 4. The lowest BCUT2D eigenvalue weighted by Gasteiger charge is -2.46. The van der Waals surface area contributed by atoms with E-state index in [9.17, 15) is 45.6 Å². The quantitative estimate of drug-likeness (QED) is 0.0204.